The van der Waals surface area contributed by atoms with Crippen molar-refractivity contribution in [1.82, 2.24) is 5.32 Å². The number of hydrogen-bond donors (Lipinski definition) is 2. The molecule has 3 N–H and O–H groups in total. The van der Waals surface area contributed by atoms with E-state index in [9.17, 15) is 4.79 Å². The fourth-order valence-corrected chi connectivity index (χ4v) is 2.74. The lowest BCUT2D eigenvalue weighted by molar-refractivity contribution is -0.130. The van der Waals surface area contributed by atoms with E-state index in [4.69, 9.17) is 15.2 Å². The lowest BCUT2D eigenvalue weighted by atomic mass is 9.90. The fraction of sp³-hybridized carbons (Fsp3) is 0.923. The molecular formula is C13H24N2O3. The standard InChI is InChI=1S/C13H24N2O3/c1-2-11-10(3-6-18-11)9-15-12(16)13(14)4-7-17-8-5-13/h10-11H,2-9,14H2,1H3,(H,15,16). The molecule has 1 amide bonds. The van der Waals surface area contributed by atoms with Crippen LogP contribution < -0.4 is 11.1 Å². The van der Waals surface area contributed by atoms with Crippen molar-refractivity contribution in [1.29, 1.82) is 0 Å². The normalized spacial score (nSPS) is 31.2. The molecule has 18 heavy (non-hydrogen) atoms. The molecule has 0 aromatic heterocycles. The molecule has 5 nitrogen and oxygen atoms in total. The molecule has 2 fully saturated rings. The van der Waals surface area contributed by atoms with Gasteiger partial charge in [-0.3, -0.25) is 4.79 Å². The zero-order valence-corrected chi connectivity index (χ0v) is 11.1. The Morgan fingerprint density at radius 1 is 1.39 bits per heavy atom. The van der Waals surface area contributed by atoms with Gasteiger partial charge >= 0.3 is 0 Å². The maximum atomic E-state index is 12.1. The van der Waals surface area contributed by atoms with E-state index in [1.165, 1.54) is 0 Å². The van der Waals surface area contributed by atoms with Gasteiger partial charge in [0.15, 0.2) is 0 Å². The Kier molecular flexibility index (Phi) is 4.59. The summed E-state index contributed by atoms with van der Waals surface area (Å²) in [4.78, 5) is 12.1. The molecule has 0 bridgehead atoms. The maximum Gasteiger partial charge on any atom is 0.240 e. The van der Waals surface area contributed by atoms with Gasteiger partial charge < -0.3 is 20.5 Å². The third kappa shape index (κ3) is 3.02. The zero-order valence-electron chi connectivity index (χ0n) is 11.1. The van der Waals surface area contributed by atoms with Crippen LogP contribution in [0.3, 0.4) is 0 Å². The van der Waals surface area contributed by atoms with E-state index in [-0.39, 0.29) is 12.0 Å². The Bertz CT molecular complexity index is 290. The van der Waals surface area contributed by atoms with Gasteiger partial charge in [-0.05, 0) is 25.7 Å². The number of nitrogens with one attached hydrogen (secondary N) is 1. The van der Waals surface area contributed by atoms with Crippen molar-refractivity contribution in [3.63, 3.8) is 0 Å². The Balaban J connectivity index is 1.80. The Labute approximate surface area is 108 Å². The molecule has 2 saturated heterocycles. The summed E-state index contributed by atoms with van der Waals surface area (Å²) < 4.78 is 10.9. The Hall–Kier alpha value is -0.650. The lowest BCUT2D eigenvalue weighted by Gasteiger charge is -2.32. The van der Waals surface area contributed by atoms with Crippen LogP contribution in [0.4, 0.5) is 0 Å². The van der Waals surface area contributed by atoms with Crippen LogP contribution in [-0.2, 0) is 14.3 Å². The molecule has 0 radical (unpaired) electrons. The summed E-state index contributed by atoms with van der Waals surface area (Å²) >= 11 is 0. The number of amides is 1. The van der Waals surface area contributed by atoms with Gasteiger partial charge in [0.05, 0.1) is 11.6 Å². The first-order valence-electron chi connectivity index (χ1n) is 6.92. The molecule has 2 atom stereocenters. The second-order valence-electron chi connectivity index (χ2n) is 5.34. The first-order chi connectivity index (χ1) is 8.65. The summed E-state index contributed by atoms with van der Waals surface area (Å²) in [6.45, 7) is 4.76. The first kappa shape index (κ1) is 13.8. The molecule has 0 spiro atoms. The summed E-state index contributed by atoms with van der Waals surface area (Å²) in [6.07, 6.45) is 3.53. The van der Waals surface area contributed by atoms with Crippen LogP contribution in [-0.4, -0.2) is 43.9 Å². The van der Waals surface area contributed by atoms with Gasteiger partial charge in [-0.1, -0.05) is 6.92 Å². The van der Waals surface area contributed by atoms with Crippen LogP contribution in [0.15, 0.2) is 0 Å². The molecule has 2 rings (SSSR count). The van der Waals surface area contributed by atoms with E-state index in [1.54, 1.807) is 0 Å². The van der Waals surface area contributed by atoms with E-state index in [1.807, 2.05) is 0 Å². The number of rotatable bonds is 4. The van der Waals surface area contributed by atoms with E-state index in [0.29, 0.717) is 38.5 Å². The van der Waals surface area contributed by atoms with E-state index < -0.39 is 5.54 Å². The summed E-state index contributed by atoms with van der Waals surface area (Å²) in [5.41, 5.74) is 5.39. The van der Waals surface area contributed by atoms with Crippen LogP contribution in [0, 0.1) is 5.92 Å². The molecule has 2 unspecified atom stereocenters. The average molecular weight is 256 g/mol. The maximum absolute atomic E-state index is 12.1. The predicted molar refractivity (Wildman–Crippen MR) is 68.1 cm³/mol. The molecule has 5 heteroatoms. The molecule has 0 saturated carbocycles. The van der Waals surface area contributed by atoms with Crippen LogP contribution in [0.5, 0.6) is 0 Å². The monoisotopic (exact) mass is 256 g/mol. The highest BCUT2D eigenvalue weighted by Crippen LogP contribution is 2.23. The van der Waals surface area contributed by atoms with Gasteiger partial charge in [-0.25, -0.2) is 0 Å². The SMILES string of the molecule is CCC1OCCC1CNC(=O)C1(N)CCOCC1. The fourth-order valence-electron chi connectivity index (χ4n) is 2.74. The number of carbonyl (C=O) groups is 1. The predicted octanol–water partition coefficient (Wildman–Crippen LogP) is 0.426. The van der Waals surface area contributed by atoms with Crippen molar-refractivity contribution >= 4 is 5.91 Å². The minimum Gasteiger partial charge on any atom is -0.381 e. The highest BCUT2D eigenvalue weighted by atomic mass is 16.5. The smallest absolute Gasteiger partial charge is 0.240 e. The molecule has 2 heterocycles. The lowest BCUT2D eigenvalue weighted by Crippen LogP contribution is -2.57. The molecule has 104 valence electrons. The molecule has 0 aliphatic carbocycles. The summed E-state index contributed by atoms with van der Waals surface area (Å²) in [5.74, 6) is 0.398. The second kappa shape index (κ2) is 5.99. The van der Waals surface area contributed by atoms with Gasteiger partial charge in [0.1, 0.15) is 0 Å². The molecule has 2 aliphatic rings. The van der Waals surface area contributed by atoms with Crippen molar-refractivity contribution in [2.45, 2.75) is 44.2 Å². The van der Waals surface area contributed by atoms with Crippen LogP contribution in [0.1, 0.15) is 32.6 Å². The first-order valence-corrected chi connectivity index (χ1v) is 6.92. The molecule has 0 aromatic carbocycles. The quantitative estimate of drug-likeness (QED) is 0.765. The van der Waals surface area contributed by atoms with Crippen molar-refractivity contribution in [3.8, 4) is 0 Å². The molecule has 2 aliphatic heterocycles. The number of ether oxygens (including phenoxy) is 2. The largest absolute Gasteiger partial charge is 0.381 e. The van der Waals surface area contributed by atoms with Crippen molar-refractivity contribution in [2.24, 2.45) is 11.7 Å². The Morgan fingerprint density at radius 3 is 2.78 bits per heavy atom. The van der Waals surface area contributed by atoms with Crippen LogP contribution >= 0.6 is 0 Å². The van der Waals surface area contributed by atoms with Gasteiger partial charge in [0.2, 0.25) is 5.91 Å². The highest BCUT2D eigenvalue weighted by molar-refractivity contribution is 5.86. The van der Waals surface area contributed by atoms with Gasteiger partial charge in [-0.15, -0.1) is 0 Å². The summed E-state index contributed by atoms with van der Waals surface area (Å²) in [7, 11) is 0. The van der Waals surface area contributed by atoms with Gasteiger partial charge in [-0.2, -0.15) is 0 Å². The minimum absolute atomic E-state index is 0.0347. The molecular weight excluding hydrogens is 232 g/mol. The second-order valence-corrected chi connectivity index (χ2v) is 5.34. The number of carbonyl (C=O) groups excluding carboxylic acids is 1. The molecule has 0 aromatic rings. The number of hydrogen-bond acceptors (Lipinski definition) is 4. The minimum atomic E-state index is -0.737. The highest BCUT2D eigenvalue weighted by Gasteiger charge is 2.36. The Morgan fingerprint density at radius 2 is 2.11 bits per heavy atom. The van der Waals surface area contributed by atoms with E-state index in [2.05, 4.69) is 12.2 Å². The van der Waals surface area contributed by atoms with Crippen molar-refractivity contribution in [3.05, 3.63) is 0 Å². The van der Waals surface area contributed by atoms with Crippen molar-refractivity contribution < 1.29 is 14.3 Å². The van der Waals surface area contributed by atoms with E-state index in [0.717, 1.165) is 19.4 Å². The van der Waals surface area contributed by atoms with Crippen LogP contribution in [0.25, 0.3) is 0 Å². The van der Waals surface area contributed by atoms with E-state index >= 15 is 0 Å². The van der Waals surface area contributed by atoms with Crippen LogP contribution in [0.2, 0.25) is 0 Å². The third-order valence-corrected chi connectivity index (χ3v) is 4.11. The van der Waals surface area contributed by atoms with Gasteiger partial charge in [0.25, 0.3) is 0 Å². The number of nitrogens with two attached hydrogens (primary N) is 1. The third-order valence-electron chi connectivity index (χ3n) is 4.11. The zero-order chi connectivity index (χ0) is 13.0. The average Bonchev–Trinajstić information content (AvgIpc) is 2.84. The van der Waals surface area contributed by atoms with Gasteiger partial charge in [0, 0.05) is 32.3 Å². The topological polar surface area (TPSA) is 73.6 Å². The van der Waals surface area contributed by atoms with Crippen molar-refractivity contribution in [2.75, 3.05) is 26.4 Å². The summed E-state index contributed by atoms with van der Waals surface area (Å²) in [5, 5.41) is 3.00. The summed E-state index contributed by atoms with van der Waals surface area (Å²) in [6, 6.07) is 0.